The second-order valence-electron chi connectivity index (χ2n) is 6.82. The topological polar surface area (TPSA) is 67.6 Å². The van der Waals surface area contributed by atoms with Crippen molar-refractivity contribution in [2.24, 2.45) is 0 Å². The summed E-state index contributed by atoms with van der Waals surface area (Å²) in [6.07, 6.45) is 1.75. The van der Waals surface area contributed by atoms with Crippen LogP contribution in [0, 0.1) is 0 Å². The van der Waals surface area contributed by atoms with Gasteiger partial charge in [-0.05, 0) is 19.4 Å². The molecule has 1 N–H and O–H groups in total. The van der Waals surface area contributed by atoms with Gasteiger partial charge in [0.1, 0.15) is 12.4 Å². The van der Waals surface area contributed by atoms with Crippen molar-refractivity contribution >= 4 is 5.97 Å². The molecule has 0 saturated heterocycles. The number of benzene rings is 1. The number of aromatic nitrogens is 2. The van der Waals surface area contributed by atoms with Crippen LogP contribution in [0.5, 0.6) is 0 Å². The Morgan fingerprint density at radius 2 is 2.04 bits per heavy atom. The second kappa shape index (κ2) is 6.75. The average molecular weight is 329 g/mol. The van der Waals surface area contributed by atoms with Crippen molar-refractivity contribution in [3.8, 4) is 0 Å². The number of hydrogen-bond donors (Lipinski definition) is 1. The van der Waals surface area contributed by atoms with Gasteiger partial charge in [-0.2, -0.15) is 0 Å². The molecular formula is C18H23N3O3. The van der Waals surface area contributed by atoms with Gasteiger partial charge in [0.25, 0.3) is 0 Å². The van der Waals surface area contributed by atoms with Crippen LogP contribution in [0.15, 0.2) is 36.5 Å². The lowest BCUT2D eigenvalue weighted by molar-refractivity contribution is 0.0267. The Morgan fingerprint density at radius 1 is 1.29 bits per heavy atom. The van der Waals surface area contributed by atoms with E-state index in [2.05, 4.69) is 9.88 Å². The van der Waals surface area contributed by atoms with Gasteiger partial charge in [0.15, 0.2) is 5.69 Å². The summed E-state index contributed by atoms with van der Waals surface area (Å²) in [7, 11) is 0. The summed E-state index contributed by atoms with van der Waals surface area (Å²) in [5.74, 6) is 0.423. The molecule has 1 aromatic heterocycles. The fraction of sp³-hybridized carbons (Fsp3) is 0.444. The lowest BCUT2D eigenvalue weighted by Gasteiger charge is -2.32. The minimum absolute atomic E-state index is 0.243. The van der Waals surface area contributed by atoms with Crippen molar-refractivity contribution in [1.82, 2.24) is 14.5 Å². The second-order valence-corrected chi connectivity index (χ2v) is 6.82. The first-order chi connectivity index (χ1) is 11.4. The predicted molar refractivity (Wildman–Crippen MR) is 89.4 cm³/mol. The number of carbonyl (C=O) groups excluding carboxylic acids is 1. The van der Waals surface area contributed by atoms with Gasteiger partial charge in [0.2, 0.25) is 0 Å². The van der Waals surface area contributed by atoms with Crippen LogP contribution < -0.4 is 0 Å². The molecular weight excluding hydrogens is 306 g/mol. The molecule has 0 amide bonds. The first-order valence-corrected chi connectivity index (χ1v) is 8.12. The number of fused-ring (bicyclic) bond motifs is 1. The van der Waals surface area contributed by atoms with Gasteiger partial charge >= 0.3 is 5.97 Å². The van der Waals surface area contributed by atoms with E-state index in [4.69, 9.17) is 4.74 Å². The number of β-amino-alcohol motifs (C(OH)–C–C–N with tert-alkyl or cyclic N) is 1. The van der Waals surface area contributed by atoms with Crippen molar-refractivity contribution < 1.29 is 14.6 Å². The Balaban J connectivity index is 1.62. The molecule has 2 aromatic rings. The zero-order valence-electron chi connectivity index (χ0n) is 14.1. The zero-order valence-corrected chi connectivity index (χ0v) is 14.1. The number of carbonyl (C=O) groups is 1. The molecule has 0 radical (unpaired) electrons. The van der Waals surface area contributed by atoms with Crippen molar-refractivity contribution in [2.75, 3.05) is 13.1 Å². The Hall–Kier alpha value is -2.18. The van der Waals surface area contributed by atoms with Crippen molar-refractivity contribution in [3.63, 3.8) is 0 Å². The van der Waals surface area contributed by atoms with E-state index in [1.165, 1.54) is 0 Å². The van der Waals surface area contributed by atoms with E-state index >= 15 is 0 Å². The highest BCUT2D eigenvalue weighted by molar-refractivity contribution is 5.87. The summed E-state index contributed by atoms with van der Waals surface area (Å²) >= 11 is 0. The van der Waals surface area contributed by atoms with Gasteiger partial charge in [-0.15, -0.1) is 0 Å². The summed E-state index contributed by atoms with van der Waals surface area (Å²) < 4.78 is 7.32. The van der Waals surface area contributed by atoms with E-state index in [-0.39, 0.29) is 6.61 Å². The molecule has 24 heavy (non-hydrogen) atoms. The third kappa shape index (κ3) is 4.21. The van der Waals surface area contributed by atoms with Gasteiger partial charge < -0.3 is 14.4 Å². The van der Waals surface area contributed by atoms with Gasteiger partial charge in [-0.25, -0.2) is 9.78 Å². The van der Waals surface area contributed by atoms with E-state index in [9.17, 15) is 9.90 Å². The van der Waals surface area contributed by atoms with Gasteiger partial charge in [0, 0.05) is 25.8 Å². The molecule has 3 rings (SSSR count). The van der Waals surface area contributed by atoms with E-state index in [0.717, 1.165) is 24.5 Å². The van der Waals surface area contributed by atoms with Crippen molar-refractivity contribution in [2.45, 2.75) is 39.1 Å². The third-order valence-corrected chi connectivity index (χ3v) is 3.91. The van der Waals surface area contributed by atoms with Crippen LogP contribution >= 0.6 is 0 Å². The number of ether oxygens (including phenoxy) is 1. The number of nitrogens with zero attached hydrogens (tertiary/aromatic N) is 3. The zero-order chi connectivity index (χ0) is 17.2. The number of esters is 1. The third-order valence-electron chi connectivity index (χ3n) is 3.91. The maximum absolute atomic E-state index is 12.2. The molecule has 0 atom stereocenters. The number of hydrogen-bond acceptors (Lipinski definition) is 5. The fourth-order valence-electron chi connectivity index (χ4n) is 2.88. The highest BCUT2D eigenvalue weighted by atomic mass is 16.5. The molecule has 6 nitrogen and oxygen atoms in total. The van der Waals surface area contributed by atoms with E-state index in [1.54, 1.807) is 20.0 Å². The van der Waals surface area contributed by atoms with Crippen LogP contribution in [-0.4, -0.2) is 44.2 Å². The fourth-order valence-corrected chi connectivity index (χ4v) is 2.88. The molecule has 128 valence electrons. The minimum atomic E-state index is -0.744. The molecule has 1 aliphatic rings. The van der Waals surface area contributed by atoms with E-state index < -0.39 is 11.6 Å². The summed E-state index contributed by atoms with van der Waals surface area (Å²) in [5.41, 5.74) is 0.545. The van der Waals surface area contributed by atoms with E-state index in [0.29, 0.717) is 18.8 Å². The van der Waals surface area contributed by atoms with Gasteiger partial charge in [-0.1, -0.05) is 30.3 Å². The molecule has 0 spiro atoms. The highest BCUT2D eigenvalue weighted by Gasteiger charge is 2.25. The quantitative estimate of drug-likeness (QED) is 0.848. The normalized spacial score (nSPS) is 15.1. The number of rotatable bonds is 5. The van der Waals surface area contributed by atoms with Crippen LogP contribution in [0.2, 0.25) is 0 Å². The Labute approximate surface area is 141 Å². The molecule has 0 fully saturated rings. The van der Waals surface area contributed by atoms with Gasteiger partial charge in [0.05, 0.1) is 12.1 Å². The highest BCUT2D eigenvalue weighted by Crippen LogP contribution is 2.16. The van der Waals surface area contributed by atoms with Crippen LogP contribution in [0.1, 0.15) is 35.7 Å². The average Bonchev–Trinajstić information content (AvgIpc) is 2.95. The maximum atomic E-state index is 12.2. The van der Waals surface area contributed by atoms with E-state index in [1.807, 2.05) is 34.9 Å². The number of aliphatic hydroxyl groups is 1. The lowest BCUT2D eigenvalue weighted by Crippen LogP contribution is -2.42. The molecule has 0 saturated carbocycles. The lowest BCUT2D eigenvalue weighted by atomic mass is 10.1. The monoisotopic (exact) mass is 329 g/mol. The standard InChI is InChI=1S/C18H23N3O3/c1-18(2,23)13-20-8-9-21-10-15(19-16(21)11-20)17(22)24-12-14-6-4-3-5-7-14/h3-7,10,23H,8-9,11-13H2,1-2H3. The van der Waals surface area contributed by atoms with Crippen LogP contribution in [-0.2, 0) is 24.4 Å². The van der Waals surface area contributed by atoms with Crippen LogP contribution in [0.25, 0.3) is 0 Å². The molecule has 2 heterocycles. The predicted octanol–water partition coefficient (Wildman–Crippen LogP) is 1.83. The Bertz CT molecular complexity index is 704. The first-order valence-electron chi connectivity index (χ1n) is 8.12. The largest absolute Gasteiger partial charge is 0.456 e. The molecule has 0 bridgehead atoms. The summed E-state index contributed by atoms with van der Waals surface area (Å²) in [6.45, 7) is 6.60. The Kier molecular flexibility index (Phi) is 4.69. The number of imidazole rings is 1. The van der Waals surface area contributed by atoms with Crippen LogP contribution in [0.3, 0.4) is 0 Å². The summed E-state index contributed by atoms with van der Waals surface area (Å²) in [6, 6.07) is 9.58. The van der Waals surface area contributed by atoms with Crippen molar-refractivity contribution in [1.29, 1.82) is 0 Å². The maximum Gasteiger partial charge on any atom is 0.358 e. The SMILES string of the molecule is CC(C)(O)CN1CCn2cc(C(=O)OCc3ccccc3)nc2C1. The van der Waals surface area contributed by atoms with Crippen molar-refractivity contribution in [3.05, 3.63) is 53.6 Å². The molecule has 0 aliphatic carbocycles. The first kappa shape index (κ1) is 16.7. The summed E-state index contributed by atoms with van der Waals surface area (Å²) in [5, 5.41) is 9.95. The smallest absolute Gasteiger partial charge is 0.358 e. The Morgan fingerprint density at radius 3 is 2.75 bits per heavy atom. The van der Waals surface area contributed by atoms with Crippen LogP contribution in [0.4, 0.5) is 0 Å². The molecule has 6 heteroatoms. The van der Waals surface area contributed by atoms with Gasteiger partial charge in [-0.3, -0.25) is 4.90 Å². The molecule has 1 aliphatic heterocycles. The molecule has 0 unspecified atom stereocenters. The minimum Gasteiger partial charge on any atom is -0.456 e. The molecule has 1 aromatic carbocycles. The summed E-state index contributed by atoms with van der Waals surface area (Å²) in [4.78, 5) is 18.7.